The molecule has 0 aliphatic heterocycles. The number of hydrogen-bond acceptors (Lipinski definition) is 3. The van der Waals surface area contributed by atoms with Crippen molar-refractivity contribution in [1.29, 1.82) is 0 Å². The Labute approximate surface area is 183 Å². The standard InChI is InChI=1S/C27H44O3/c1-17(2)14-20(29)16-27(5,30)24-9-8-22-21-7-6-18-15-19(28)10-12-25(18,3)23(21)11-13-26(22,24)4/h14,18-19,21-24,28,30H,6-13,15-16H2,1-5H3/t18?,19-,21?,22?,23?,24?,25-,26-,27-/m0/s1. The highest BCUT2D eigenvalue weighted by atomic mass is 16.3. The van der Waals surface area contributed by atoms with Gasteiger partial charge in [-0.2, -0.15) is 0 Å². The molecule has 30 heavy (non-hydrogen) atoms. The van der Waals surface area contributed by atoms with Crippen LogP contribution in [-0.4, -0.2) is 27.7 Å². The molecule has 4 aliphatic carbocycles. The maximum atomic E-state index is 12.5. The Balaban J connectivity index is 1.54. The van der Waals surface area contributed by atoms with Gasteiger partial charge in [-0.3, -0.25) is 4.79 Å². The van der Waals surface area contributed by atoms with E-state index in [1.54, 1.807) is 6.08 Å². The lowest BCUT2D eigenvalue weighted by atomic mass is 9.44. The van der Waals surface area contributed by atoms with Gasteiger partial charge in [-0.1, -0.05) is 19.4 Å². The first-order chi connectivity index (χ1) is 14.0. The van der Waals surface area contributed by atoms with Gasteiger partial charge in [-0.25, -0.2) is 0 Å². The molecule has 0 saturated heterocycles. The molecule has 4 rings (SSSR count). The zero-order valence-electron chi connectivity index (χ0n) is 19.9. The van der Waals surface area contributed by atoms with E-state index in [2.05, 4.69) is 13.8 Å². The van der Waals surface area contributed by atoms with Gasteiger partial charge < -0.3 is 10.2 Å². The predicted molar refractivity (Wildman–Crippen MR) is 121 cm³/mol. The van der Waals surface area contributed by atoms with Gasteiger partial charge in [0.1, 0.15) is 0 Å². The van der Waals surface area contributed by atoms with Crippen LogP contribution in [0.3, 0.4) is 0 Å². The molecule has 0 amide bonds. The summed E-state index contributed by atoms with van der Waals surface area (Å²) in [6, 6.07) is 0. The van der Waals surface area contributed by atoms with Crippen molar-refractivity contribution in [2.75, 3.05) is 0 Å². The molecule has 4 aliphatic rings. The molecule has 170 valence electrons. The maximum Gasteiger partial charge on any atom is 0.158 e. The van der Waals surface area contributed by atoms with Crippen LogP contribution in [0.1, 0.15) is 98.8 Å². The number of allylic oxidation sites excluding steroid dienone is 2. The van der Waals surface area contributed by atoms with E-state index in [9.17, 15) is 15.0 Å². The van der Waals surface area contributed by atoms with Crippen LogP contribution in [0.4, 0.5) is 0 Å². The highest BCUT2D eigenvalue weighted by Crippen LogP contribution is 2.68. The second kappa shape index (κ2) is 7.73. The monoisotopic (exact) mass is 416 g/mol. The summed E-state index contributed by atoms with van der Waals surface area (Å²) in [6.07, 6.45) is 12.3. The molecule has 0 heterocycles. The number of rotatable bonds is 4. The number of ketones is 1. The minimum atomic E-state index is -0.921. The van der Waals surface area contributed by atoms with E-state index < -0.39 is 5.60 Å². The second-order valence-corrected chi connectivity index (χ2v) is 12.5. The summed E-state index contributed by atoms with van der Waals surface area (Å²) in [5.41, 5.74) is 0.626. The van der Waals surface area contributed by atoms with Crippen LogP contribution in [0.2, 0.25) is 0 Å². The molecular weight excluding hydrogens is 372 g/mol. The number of fused-ring (bicyclic) bond motifs is 5. The van der Waals surface area contributed by atoms with Crippen LogP contribution >= 0.6 is 0 Å². The van der Waals surface area contributed by atoms with Crippen LogP contribution in [0, 0.1) is 40.4 Å². The summed E-state index contributed by atoms with van der Waals surface area (Å²) >= 11 is 0. The normalized spacial score (nSPS) is 47.4. The van der Waals surface area contributed by atoms with Crippen LogP contribution in [-0.2, 0) is 4.79 Å². The Morgan fingerprint density at radius 3 is 2.37 bits per heavy atom. The van der Waals surface area contributed by atoms with E-state index in [0.29, 0.717) is 17.3 Å². The Morgan fingerprint density at radius 1 is 1.00 bits per heavy atom. The topological polar surface area (TPSA) is 57.5 Å². The number of hydrogen-bond donors (Lipinski definition) is 2. The number of carbonyl (C=O) groups excluding carboxylic acids is 1. The fourth-order valence-corrected chi connectivity index (χ4v) is 9.11. The van der Waals surface area contributed by atoms with Gasteiger partial charge in [0.15, 0.2) is 5.78 Å². The molecule has 9 atom stereocenters. The number of aliphatic hydroxyl groups excluding tert-OH is 1. The molecule has 5 unspecified atom stereocenters. The van der Waals surface area contributed by atoms with Gasteiger partial charge in [0.05, 0.1) is 11.7 Å². The summed E-state index contributed by atoms with van der Waals surface area (Å²) in [5.74, 6) is 3.18. The van der Waals surface area contributed by atoms with Crippen molar-refractivity contribution in [3.63, 3.8) is 0 Å². The summed E-state index contributed by atoms with van der Waals surface area (Å²) in [4.78, 5) is 12.5. The molecule has 0 aromatic heterocycles. The van der Waals surface area contributed by atoms with Crippen LogP contribution in [0.5, 0.6) is 0 Å². The molecule has 0 aromatic carbocycles. The molecule has 0 spiro atoms. The van der Waals surface area contributed by atoms with Crippen molar-refractivity contribution in [3.05, 3.63) is 11.6 Å². The van der Waals surface area contributed by atoms with Gasteiger partial charge in [-0.05, 0) is 125 Å². The Morgan fingerprint density at radius 2 is 1.67 bits per heavy atom. The summed E-state index contributed by atoms with van der Waals surface area (Å²) < 4.78 is 0. The number of aliphatic hydroxyl groups is 2. The lowest BCUT2D eigenvalue weighted by Crippen LogP contribution is -2.55. The van der Waals surface area contributed by atoms with Crippen molar-refractivity contribution in [1.82, 2.24) is 0 Å². The Hall–Kier alpha value is -0.670. The van der Waals surface area contributed by atoms with E-state index in [1.165, 1.54) is 38.5 Å². The van der Waals surface area contributed by atoms with Crippen LogP contribution < -0.4 is 0 Å². The quantitative estimate of drug-likeness (QED) is 0.579. The average Bonchev–Trinajstić information content (AvgIpc) is 2.99. The van der Waals surface area contributed by atoms with E-state index in [0.717, 1.165) is 36.7 Å². The summed E-state index contributed by atoms with van der Waals surface area (Å²) in [6.45, 7) is 10.8. The maximum absolute atomic E-state index is 12.5. The first kappa shape index (κ1) is 22.5. The average molecular weight is 417 g/mol. The third kappa shape index (κ3) is 3.62. The summed E-state index contributed by atoms with van der Waals surface area (Å²) in [7, 11) is 0. The SMILES string of the molecule is CC(C)=CC(=O)C[C@](C)(O)C1CCC2C3CCC4C[C@@H](O)CC[C@]4(C)C3CC[C@@]21C. The second-order valence-electron chi connectivity index (χ2n) is 12.5. The minimum absolute atomic E-state index is 0.0644. The zero-order chi connectivity index (χ0) is 21.9. The van der Waals surface area contributed by atoms with E-state index >= 15 is 0 Å². The largest absolute Gasteiger partial charge is 0.393 e. The molecule has 0 radical (unpaired) electrons. The smallest absolute Gasteiger partial charge is 0.158 e. The fraction of sp³-hybridized carbons (Fsp3) is 0.889. The predicted octanol–water partition coefficient (Wildman–Crippen LogP) is 5.68. The highest BCUT2D eigenvalue weighted by molar-refractivity contribution is 5.90. The fourth-order valence-electron chi connectivity index (χ4n) is 9.11. The molecule has 4 saturated carbocycles. The molecular formula is C27H44O3. The van der Waals surface area contributed by atoms with Crippen molar-refractivity contribution in [2.45, 2.75) is 111 Å². The third-order valence-electron chi connectivity index (χ3n) is 10.4. The lowest BCUT2D eigenvalue weighted by Gasteiger charge is -2.61. The third-order valence-corrected chi connectivity index (χ3v) is 10.4. The minimum Gasteiger partial charge on any atom is -0.393 e. The van der Waals surface area contributed by atoms with E-state index in [1.807, 2.05) is 20.8 Å². The van der Waals surface area contributed by atoms with Crippen molar-refractivity contribution in [2.24, 2.45) is 40.4 Å². The molecule has 2 N–H and O–H groups in total. The van der Waals surface area contributed by atoms with Crippen LogP contribution in [0.15, 0.2) is 11.6 Å². The molecule has 0 aromatic rings. The lowest BCUT2D eigenvalue weighted by molar-refractivity contribution is -0.147. The van der Waals surface area contributed by atoms with Gasteiger partial charge in [-0.15, -0.1) is 0 Å². The van der Waals surface area contributed by atoms with Crippen LogP contribution in [0.25, 0.3) is 0 Å². The Bertz CT molecular complexity index is 705. The number of carbonyl (C=O) groups is 1. The first-order valence-electron chi connectivity index (χ1n) is 12.6. The molecule has 3 heteroatoms. The first-order valence-corrected chi connectivity index (χ1v) is 12.6. The van der Waals surface area contributed by atoms with E-state index in [-0.39, 0.29) is 29.6 Å². The zero-order valence-corrected chi connectivity index (χ0v) is 19.9. The van der Waals surface area contributed by atoms with Gasteiger partial charge in [0, 0.05) is 6.42 Å². The van der Waals surface area contributed by atoms with Crippen molar-refractivity contribution >= 4 is 5.78 Å². The highest BCUT2D eigenvalue weighted by Gasteiger charge is 2.62. The molecule has 3 nitrogen and oxygen atoms in total. The van der Waals surface area contributed by atoms with E-state index in [4.69, 9.17) is 0 Å². The van der Waals surface area contributed by atoms with Gasteiger partial charge >= 0.3 is 0 Å². The molecule has 4 fully saturated rings. The van der Waals surface area contributed by atoms with Gasteiger partial charge in [0.2, 0.25) is 0 Å². The molecule has 0 bridgehead atoms. The van der Waals surface area contributed by atoms with Gasteiger partial charge in [0.25, 0.3) is 0 Å². The Kier molecular flexibility index (Phi) is 5.80. The summed E-state index contributed by atoms with van der Waals surface area (Å²) in [5, 5.41) is 21.7. The van der Waals surface area contributed by atoms with Crippen molar-refractivity contribution < 1.29 is 15.0 Å². The van der Waals surface area contributed by atoms with Crippen molar-refractivity contribution in [3.8, 4) is 0 Å².